The van der Waals surface area contributed by atoms with Crippen LogP contribution in [0.2, 0.25) is 0 Å². The Bertz CT molecular complexity index is 905. The van der Waals surface area contributed by atoms with E-state index in [0.29, 0.717) is 48.8 Å². The summed E-state index contributed by atoms with van der Waals surface area (Å²) in [5.41, 5.74) is 2.24. The van der Waals surface area contributed by atoms with Crippen molar-refractivity contribution in [3.63, 3.8) is 0 Å². The zero-order chi connectivity index (χ0) is 19.4. The van der Waals surface area contributed by atoms with E-state index in [1.54, 1.807) is 19.1 Å². The molecule has 0 amide bonds. The number of hydrogen-bond donors (Lipinski definition) is 1. The average molecular weight is 370 g/mol. The molecule has 0 saturated carbocycles. The molecule has 1 heterocycles. The molecule has 1 saturated heterocycles. The van der Waals surface area contributed by atoms with Crippen LogP contribution in [0.15, 0.2) is 30.3 Å². The molecule has 0 spiro atoms. The van der Waals surface area contributed by atoms with Gasteiger partial charge in [0.05, 0.1) is 35.5 Å². The van der Waals surface area contributed by atoms with Crippen molar-refractivity contribution in [3.8, 4) is 6.07 Å². The van der Waals surface area contributed by atoms with E-state index in [1.807, 2.05) is 17.0 Å². The monoisotopic (exact) mass is 370 g/mol. The van der Waals surface area contributed by atoms with E-state index in [0.717, 1.165) is 0 Å². The van der Waals surface area contributed by atoms with Gasteiger partial charge in [0.1, 0.15) is 5.82 Å². The first-order chi connectivity index (χ1) is 13.0. The summed E-state index contributed by atoms with van der Waals surface area (Å²) in [5.74, 6) is -0.315. The van der Waals surface area contributed by atoms with E-state index in [-0.39, 0.29) is 23.6 Å². The first kappa shape index (κ1) is 18.6. The number of nitrogens with one attached hydrogen (secondary N) is 1. The molecule has 2 aromatic carbocycles. The Kier molecular flexibility index (Phi) is 5.52. The summed E-state index contributed by atoms with van der Waals surface area (Å²) < 4.78 is 19.8. The predicted molar refractivity (Wildman–Crippen MR) is 99.3 cm³/mol. The Morgan fingerprint density at radius 1 is 1.33 bits per heavy atom. The number of benzene rings is 2. The number of nitro benzene ring substituents is 1. The van der Waals surface area contributed by atoms with Gasteiger partial charge in [-0.05, 0) is 30.7 Å². The van der Waals surface area contributed by atoms with Crippen LogP contribution in [-0.4, -0.2) is 31.2 Å². The lowest BCUT2D eigenvalue weighted by molar-refractivity contribution is -0.385. The van der Waals surface area contributed by atoms with E-state index in [1.165, 1.54) is 12.1 Å². The second kappa shape index (κ2) is 8.01. The number of nitriles is 1. The third-order valence-electron chi connectivity index (χ3n) is 4.55. The van der Waals surface area contributed by atoms with E-state index < -0.39 is 4.92 Å². The Labute approximate surface area is 156 Å². The zero-order valence-corrected chi connectivity index (χ0v) is 14.9. The van der Waals surface area contributed by atoms with Crippen molar-refractivity contribution < 1.29 is 14.1 Å². The molecule has 140 valence electrons. The molecular weight excluding hydrogens is 351 g/mol. The normalized spacial score (nSPS) is 13.9. The second-order valence-corrected chi connectivity index (χ2v) is 6.28. The summed E-state index contributed by atoms with van der Waals surface area (Å²) in [5, 5.41) is 23.3. The lowest BCUT2D eigenvalue weighted by Gasteiger charge is -2.29. The molecule has 1 N–H and O–H groups in total. The van der Waals surface area contributed by atoms with Crippen LogP contribution in [0.1, 0.15) is 16.7 Å². The van der Waals surface area contributed by atoms with Gasteiger partial charge in [0.15, 0.2) is 0 Å². The largest absolute Gasteiger partial charge is 0.381 e. The van der Waals surface area contributed by atoms with Crippen molar-refractivity contribution >= 4 is 17.1 Å². The molecule has 3 rings (SSSR count). The van der Waals surface area contributed by atoms with Gasteiger partial charge in [-0.15, -0.1) is 0 Å². The Balaban J connectivity index is 1.77. The lowest BCUT2D eigenvalue weighted by atomic mass is 10.1. The van der Waals surface area contributed by atoms with E-state index in [4.69, 9.17) is 10.00 Å². The van der Waals surface area contributed by atoms with Gasteiger partial charge in [-0.2, -0.15) is 5.26 Å². The summed E-state index contributed by atoms with van der Waals surface area (Å²) in [4.78, 5) is 12.6. The Morgan fingerprint density at radius 3 is 2.70 bits per heavy atom. The van der Waals surface area contributed by atoms with Crippen molar-refractivity contribution in [1.82, 2.24) is 0 Å². The topological polar surface area (TPSA) is 91.4 Å². The fourth-order valence-electron chi connectivity index (χ4n) is 3.06. The number of rotatable bonds is 5. The van der Waals surface area contributed by atoms with Crippen molar-refractivity contribution in [2.24, 2.45) is 0 Å². The standard InChI is InChI=1S/C19H19FN4O3/c1-13-17(9-15(11-21)10-19(13)24(25)26)22-12-14-2-3-18(16(20)8-14)23-4-6-27-7-5-23/h2-3,8-10,22H,4-7,12H2,1H3. The number of morpholine rings is 1. The van der Waals surface area contributed by atoms with Gasteiger partial charge in [0.25, 0.3) is 5.69 Å². The minimum Gasteiger partial charge on any atom is -0.381 e. The maximum atomic E-state index is 14.5. The van der Waals surface area contributed by atoms with Gasteiger partial charge in [0, 0.05) is 37.0 Å². The highest BCUT2D eigenvalue weighted by atomic mass is 19.1. The third kappa shape index (κ3) is 4.15. The maximum absolute atomic E-state index is 14.5. The van der Waals surface area contributed by atoms with E-state index in [2.05, 4.69) is 5.32 Å². The molecule has 0 aliphatic carbocycles. The molecule has 0 aromatic heterocycles. The maximum Gasteiger partial charge on any atom is 0.275 e. The van der Waals surface area contributed by atoms with E-state index in [9.17, 15) is 14.5 Å². The number of nitro groups is 1. The Hall–Kier alpha value is -3.18. The third-order valence-corrected chi connectivity index (χ3v) is 4.55. The van der Waals surface area contributed by atoms with Crippen molar-refractivity contribution in [2.45, 2.75) is 13.5 Å². The van der Waals surface area contributed by atoms with Gasteiger partial charge >= 0.3 is 0 Å². The molecule has 2 aromatic rings. The van der Waals surface area contributed by atoms with Crippen LogP contribution in [-0.2, 0) is 11.3 Å². The first-order valence-corrected chi connectivity index (χ1v) is 8.53. The van der Waals surface area contributed by atoms with Gasteiger partial charge < -0.3 is 15.0 Å². The summed E-state index contributed by atoms with van der Waals surface area (Å²) in [6.07, 6.45) is 0. The quantitative estimate of drug-likeness (QED) is 0.641. The van der Waals surface area contributed by atoms with Crippen LogP contribution in [0, 0.1) is 34.2 Å². The number of nitrogens with zero attached hydrogens (tertiary/aromatic N) is 3. The number of halogens is 1. The second-order valence-electron chi connectivity index (χ2n) is 6.28. The smallest absolute Gasteiger partial charge is 0.275 e. The average Bonchev–Trinajstić information content (AvgIpc) is 2.67. The highest BCUT2D eigenvalue weighted by Crippen LogP contribution is 2.28. The summed E-state index contributed by atoms with van der Waals surface area (Å²) in [7, 11) is 0. The highest BCUT2D eigenvalue weighted by molar-refractivity contribution is 5.64. The molecule has 0 radical (unpaired) electrons. The molecule has 7 nitrogen and oxygen atoms in total. The van der Waals surface area contributed by atoms with E-state index >= 15 is 0 Å². The summed E-state index contributed by atoms with van der Waals surface area (Å²) in [6, 6.07) is 9.73. The number of anilines is 2. The Morgan fingerprint density at radius 2 is 2.07 bits per heavy atom. The molecule has 1 fully saturated rings. The SMILES string of the molecule is Cc1c(NCc2ccc(N3CCOCC3)c(F)c2)cc(C#N)cc1[N+](=O)[O-]. The minimum atomic E-state index is -0.516. The molecule has 0 bridgehead atoms. The molecule has 8 heteroatoms. The van der Waals surface area contributed by atoms with Crippen LogP contribution in [0.3, 0.4) is 0 Å². The van der Waals surface area contributed by atoms with Gasteiger partial charge in [0.2, 0.25) is 0 Å². The molecule has 27 heavy (non-hydrogen) atoms. The predicted octanol–water partition coefficient (Wildman–Crippen LogP) is 3.36. The molecule has 0 atom stereocenters. The summed E-state index contributed by atoms with van der Waals surface area (Å²) in [6.45, 7) is 4.36. The highest BCUT2D eigenvalue weighted by Gasteiger charge is 2.17. The van der Waals surface area contributed by atoms with Crippen molar-refractivity contribution in [1.29, 1.82) is 5.26 Å². The minimum absolute atomic E-state index is 0.120. The molecule has 0 unspecified atom stereocenters. The number of ether oxygens (including phenoxy) is 1. The fraction of sp³-hybridized carbons (Fsp3) is 0.316. The zero-order valence-electron chi connectivity index (χ0n) is 14.9. The van der Waals surface area contributed by atoms with Crippen LogP contribution in [0.4, 0.5) is 21.5 Å². The fourth-order valence-corrected chi connectivity index (χ4v) is 3.06. The molecule has 1 aliphatic heterocycles. The van der Waals surface area contributed by atoms with Crippen LogP contribution >= 0.6 is 0 Å². The van der Waals surface area contributed by atoms with Crippen LogP contribution < -0.4 is 10.2 Å². The lowest BCUT2D eigenvalue weighted by Crippen LogP contribution is -2.36. The van der Waals surface area contributed by atoms with Crippen molar-refractivity contribution in [2.75, 3.05) is 36.5 Å². The number of hydrogen-bond acceptors (Lipinski definition) is 6. The molecule has 1 aliphatic rings. The van der Waals surface area contributed by atoms with Crippen molar-refractivity contribution in [3.05, 3.63) is 63.0 Å². The van der Waals surface area contributed by atoms with Gasteiger partial charge in [-0.3, -0.25) is 10.1 Å². The van der Waals surface area contributed by atoms with Crippen LogP contribution in [0.25, 0.3) is 0 Å². The summed E-state index contributed by atoms with van der Waals surface area (Å²) >= 11 is 0. The van der Waals surface area contributed by atoms with Crippen LogP contribution in [0.5, 0.6) is 0 Å². The first-order valence-electron chi connectivity index (χ1n) is 8.53. The molecular formula is C19H19FN4O3. The van der Waals surface area contributed by atoms with Gasteiger partial charge in [-0.25, -0.2) is 4.39 Å². The van der Waals surface area contributed by atoms with Gasteiger partial charge in [-0.1, -0.05) is 6.07 Å².